The minimum atomic E-state index is -0.915. The lowest BCUT2D eigenvalue weighted by molar-refractivity contribution is -0.166. The van der Waals surface area contributed by atoms with Crippen LogP contribution in [0.3, 0.4) is 0 Å². The molecule has 1 atom stereocenters. The molecule has 7 nitrogen and oxygen atoms in total. The minimum Gasteiger partial charge on any atom is -0.464 e. The van der Waals surface area contributed by atoms with Gasteiger partial charge in [-0.05, 0) is 70.0 Å². The van der Waals surface area contributed by atoms with Crippen molar-refractivity contribution in [2.24, 2.45) is 0 Å². The zero-order valence-corrected chi connectivity index (χ0v) is 22.9. The number of carbonyl (C=O) groups is 1. The van der Waals surface area contributed by atoms with Crippen LogP contribution in [0.25, 0.3) is 37.7 Å². The van der Waals surface area contributed by atoms with E-state index in [1.807, 2.05) is 76.4 Å². The fraction of sp³-hybridized carbons (Fsp3) is 0.286. The molecule has 2 aromatic carbocycles. The lowest BCUT2D eigenvalue weighted by Crippen LogP contribution is -2.29. The van der Waals surface area contributed by atoms with Gasteiger partial charge in [-0.1, -0.05) is 23.7 Å². The highest BCUT2D eigenvalue weighted by molar-refractivity contribution is 7.22. The highest BCUT2D eigenvalue weighted by atomic mass is 35.5. The predicted molar refractivity (Wildman–Crippen MR) is 147 cm³/mol. The van der Waals surface area contributed by atoms with Crippen LogP contribution in [-0.2, 0) is 14.3 Å². The first-order valence-corrected chi connectivity index (χ1v) is 13.2. The molecule has 5 rings (SSSR count). The minimum absolute atomic E-state index is 0.258. The van der Waals surface area contributed by atoms with Crippen molar-refractivity contribution in [2.45, 2.75) is 46.3 Å². The van der Waals surface area contributed by atoms with E-state index in [2.05, 4.69) is 5.10 Å². The van der Waals surface area contributed by atoms with Crippen molar-refractivity contribution in [3.05, 3.63) is 71.0 Å². The lowest BCUT2D eigenvalue weighted by Gasteiger charge is -2.29. The summed E-state index contributed by atoms with van der Waals surface area (Å²) in [6.45, 7) is 9.81. The molecule has 0 saturated carbocycles. The fourth-order valence-corrected chi connectivity index (χ4v) is 5.51. The summed E-state index contributed by atoms with van der Waals surface area (Å²) in [6.07, 6.45) is 2.67. The van der Waals surface area contributed by atoms with E-state index < -0.39 is 17.7 Å². The second-order valence-corrected chi connectivity index (χ2v) is 11.1. The summed E-state index contributed by atoms with van der Waals surface area (Å²) in [7, 11) is 0. The average molecular weight is 535 g/mol. The Hall–Kier alpha value is -3.33. The second-order valence-electron chi connectivity index (χ2n) is 9.67. The maximum absolute atomic E-state index is 13.3. The Morgan fingerprint density at radius 3 is 2.59 bits per heavy atom. The predicted octanol–water partition coefficient (Wildman–Crippen LogP) is 7.05. The molecule has 3 heterocycles. The number of benzene rings is 2. The first kappa shape index (κ1) is 25.3. The molecule has 0 radical (unpaired) electrons. The van der Waals surface area contributed by atoms with Crippen LogP contribution in [0.1, 0.15) is 44.9 Å². The Bertz CT molecular complexity index is 1600. The number of halogens is 1. The Balaban J connectivity index is 1.78. The number of aromatic nitrogens is 4. The zero-order valence-electron chi connectivity index (χ0n) is 21.3. The summed E-state index contributed by atoms with van der Waals surface area (Å²) >= 11 is 7.75. The number of esters is 1. The van der Waals surface area contributed by atoms with Crippen LogP contribution in [0.4, 0.5) is 0 Å². The molecular formula is C28H27ClN4O3S. The third kappa shape index (κ3) is 5.09. The van der Waals surface area contributed by atoms with Crippen LogP contribution in [0.5, 0.6) is 0 Å². The summed E-state index contributed by atoms with van der Waals surface area (Å²) < 4.78 is 14.5. The molecule has 3 aromatic heterocycles. The van der Waals surface area contributed by atoms with Crippen molar-refractivity contribution < 1.29 is 14.3 Å². The molecule has 5 aromatic rings. The quantitative estimate of drug-likeness (QED) is 0.217. The molecule has 0 N–H and O–H groups in total. The van der Waals surface area contributed by atoms with Gasteiger partial charge in [-0.15, -0.1) is 11.3 Å². The van der Waals surface area contributed by atoms with Crippen molar-refractivity contribution in [1.82, 2.24) is 19.6 Å². The Morgan fingerprint density at radius 2 is 1.89 bits per heavy atom. The molecule has 9 heteroatoms. The van der Waals surface area contributed by atoms with Crippen LogP contribution in [0.2, 0.25) is 5.02 Å². The van der Waals surface area contributed by atoms with Gasteiger partial charge >= 0.3 is 5.97 Å². The van der Waals surface area contributed by atoms with Crippen molar-refractivity contribution in [3.63, 3.8) is 0 Å². The number of hydrogen-bond donors (Lipinski definition) is 0. The molecule has 0 bridgehead atoms. The van der Waals surface area contributed by atoms with Gasteiger partial charge < -0.3 is 9.47 Å². The number of nitrogens with zero attached hydrogens (tertiary/aromatic N) is 4. The molecule has 37 heavy (non-hydrogen) atoms. The number of rotatable bonds is 6. The van der Waals surface area contributed by atoms with E-state index in [0.717, 1.165) is 48.8 Å². The summed E-state index contributed by atoms with van der Waals surface area (Å²) in [5.41, 5.74) is 5.17. The molecule has 0 saturated heterocycles. The van der Waals surface area contributed by atoms with E-state index in [9.17, 15) is 4.79 Å². The molecular weight excluding hydrogens is 508 g/mol. The number of aryl methyl sites for hydroxylation is 1. The molecule has 0 unspecified atom stereocenters. The molecule has 0 aliphatic rings. The van der Waals surface area contributed by atoms with Gasteiger partial charge in [-0.25, -0.2) is 19.3 Å². The maximum atomic E-state index is 13.3. The third-order valence-corrected chi connectivity index (χ3v) is 7.14. The smallest absolute Gasteiger partial charge is 0.339 e. The fourth-order valence-electron chi connectivity index (χ4n) is 4.29. The number of fused-ring (bicyclic) bond motifs is 2. The normalized spacial score (nSPS) is 12.8. The van der Waals surface area contributed by atoms with Gasteiger partial charge in [-0.2, -0.15) is 5.10 Å². The van der Waals surface area contributed by atoms with E-state index >= 15 is 0 Å². The van der Waals surface area contributed by atoms with E-state index in [4.69, 9.17) is 31.0 Å². The van der Waals surface area contributed by atoms with Crippen molar-refractivity contribution in [2.75, 3.05) is 6.61 Å². The lowest BCUT2D eigenvalue weighted by atomic mass is 9.91. The van der Waals surface area contributed by atoms with Crippen molar-refractivity contribution in [1.29, 1.82) is 0 Å². The van der Waals surface area contributed by atoms with E-state index in [0.29, 0.717) is 5.02 Å². The van der Waals surface area contributed by atoms with Crippen LogP contribution in [-0.4, -0.2) is 37.8 Å². The van der Waals surface area contributed by atoms with Gasteiger partial charge in [-0.3, -0.25) is 0 Å². The first-order chi connectivity index (χ1) is 17.6. The van der Waals surface area contributed by atoms with Crippen LogP contribution in [0.15, 0.2) is 54.9 Å². The van der Waals surface area contributed by atoms with E-state index in [1.54, 1.807) is 17.6 Å². The van der Waals surface area contributed by atoms with E-state index in [1.165, 1.54) is 11.3 Å². The number of carbonyl (C=O) groups excluding carboxylic acids is 1. The highest BCUT2D eigenvalue weighted by Gasteiger charge is 2.33. The van der Waals surface area contributed by atoms with Crippen molar-refractivity contribution in [3.8, 4) is 21.8 Å². The zero-order chi connectivity index (χ0) is 26.3. The van der Waals surface area contributed by atoms with Crippen LogP contribution < -0.4 is 0 Å². The molecule has 0 amide bonds. The van der Waals surface area contributed by atoms with Gasteiger partial charge in [0, 0.05) is 28.4 Å². The second kappa shape index (κ2) is 9.85. The standard InChI is InChI=1S/C28H27ClN4O3S/c1-6-35-27(34)24(36-28(3,4)5)22-16(2)15-20-25(23(22)17-7-9-18(29)10-8-17)37-26(32-20)19-12-14-33-21(31-19)11-13-30-33/h7-15,24H,6H2,1-5H3/t24-/m0/s1. The summed E-state index contributed by atoms with van der Waals surface area (Å²) in [4.78, 5) is 22.9. The van der Waals surface area contributed by atoms with Gasteiger partial charge in [0.25, 0.3) is 0 Å². The monoisotopic (exact) mass is 534 g/mol. The van der Waals surface area contributed by atoms with Crippen LogP contribution in [0, 0.1) is 6.92 Å². The van der Waals surface area contributed by atoms with E-state index in [-0.39, 0.29) is 6.61 Å². The Morgan fingerprint density at radius 1 is 1.14 bits per heavy atom. The van der Waals surface area contributed by atoms with Crippen LogP contribution >= 0.6 is 22.9 Å². The highest BCUT2D eigenvalue weighted by Crippen LogP contribution is 2.44. The average Bonchev–Trinajstić information content (AvgIpc) is 3.48. The van der Waals surface area contributed by atoms with Gasteiger partial charge in [0.15, 0.2) is 11.8 Å². The molecule has 0 fully saturated rings. The maximum Gasteiger partial charge on any atom is 0.339 e. The molecule has 190 valence electrons. The number of thiazole rings is 1. The Kier molecular flexibility index (Phi) is 6.74. The third-order valence-electron chi connectivity index (χ3n) is 5.77. The summed E-state index contributed by atoms with van der Waals surface area (Å²) in [5, 5.41) is 5.63. The van der Waals surface area contributed by atoms with Gasteiger partial charge in [0.2, 0.25) is 0 Å². The van der Waals surface area contributed by atoms with Gasteiger partial charge in [0.05, 0.1) is 28.6 Å². The Labute approximate surface area is 224 Å². The molecule has 0 spiro atoms. The SMILES string of the molecule is CCOC(=O)[C@@H](OC(C)(C)C)c1c(C)cc2nc(-c3ccn4nccc4n3)sc2c1-c1ccc(Cl)cc1. The number of hydrogen-bond acceptors (Lipinski definition) is 7. The molecule has 0 aliphatic carbocycles. The number of ether oxygens (including phenoxy) is 2. The summed E-state index contributed by atoms with van der Waals surface area (Å²) in [6, 6.07) is 13.3. The van der Waals surface area contributed by atoms with Crippen molar-refractivity contribution >= 4 is 44.8 Å². The van der Waals surface area contributed by atoms with Gasteiger partial charge in [0.1, 0.15) is 10.7 Å². The summed E-state index contributed by atoms with van der Waals surface area (Å²) in [5.74, 6) is -0.423. The topological polar surface area (TPSA) is 78.6 Å². The largest absolute Gasteiger partial charge is 0.464 e. The first-order valence-electron chi connectivity index (χ1n) is 12.0. The molecule has 0 aliphatic heterocycles.